The zero-order chi connectivity index (χ0) is 11.9. The lowest BCUT2D eigenvalue weighted by molar-refractivity contribution is 0.0728. The molecule has 16 heavy (non-hydrogen) atoms. The van der Waals surface area contributed by atoms with Gasteiger partial charge in [-0.3, -0.25) is 4.79 Å². The van der Waals surface area contributed by atoms with Gasteiger partial charge in [0, 0.05) is 23.6 Å². The SMILES string of the molecule is CC(=O)c1ccc2c(c1)C(N)CC(C)(C)O2. The van der Waals surface area contributed by atoms with Crippen molar-refractivity contribution in [2.45, 2.75) is 38.8 Å². The van der Waals surface area contributed by atoms with Crippen LogP contribution in [0.25, 0.3) is 0 Å². The van der Waals surface area contributed by atoms with Gasteiger partial charge in [-0.15, -0.1) is 0 Å². The topological polar surface area (TPSA) is 52.3 Å². The van der Waals surface area contributed by atoms with E-state index < -0.39 is 0 Å². The summed E-state index contributed by atoms with van der Waals surface area (Å²) in [5, 5.41) is 0. The molecular weight excluding hydrogens is 202 g/mol. The van der Waals surface area contributed by atoms with Gasteiger partial charge >= 0.3 is 0 Å². The van der Waals surface area contributed by atoms with Gasteiger partial charge in [-0.25, -0.2) is 0 Å². The Hall–Kier alpha value is -1.35. The quantitative estimate of drug-likeness (QED) is 0.738. The van der Waals surface area contributed by atoms with Crippen molar-refractivity contribution in [3.05, 3.63) is 29.3 Å². The number of carbonyl (C=O) groups excluding carboxylic acids is 1. The number of benzene rings is 1. The van der Waals surface area contributed by atoms with Gasteiger partial charge in [0.1, 0.15) is 11.4 Å². The minimum absolute atomic E-state index is 0.0554. The molecule has 2 N–H and O–H groups in total. The summed E-state index contributed by atoms with van der Waals surface area (Å²) in [4.78, 5) is 11.3. The lowest BCUT2D eigenvalue weighted by Gasteiger charge is -2.36. The van der Waals surface area contributed by atoms with E-state index in [1.807, 2.05) is 26.0 Å². The van der Waals surface area contributed by atoms with E-state index in [2.05, 4.69) is 0 Å². The smallest absolute Gasteiger partial charge is 0.159 e. The van der Waals surface area contributed by atoms with Gasteiger partial charge in [0.15, 0.2) is 5.78 Å². The van der Waals surface area contributed by atoms with Crippen molar-refractivity contribution in [3.8, 4) is 5.75 Å². The van der Waals surface area contributed by atoms with Crippen molar-refractivity contribution < 1.29 is 9.53 Å². The molecule has 0 radical (unpaired) electrons. The van der Waals surface area contributed by atoms with Crippen LogP contribution in [-0.2, 0) is 0 Å². The predicted octanol–water partition coefficient (Wildman–Crippen LogP) is 2.45. The molecule has 0 saturated carbocycles. The molecule has 86 valence electrons. The number of nitrogens with two attached hydrogens (primary N) is 1. The lowest BCUT2D eigenvalue weighted by Crippen LogP contribution is -2.37. The molecule has 1 atom stereocenters. The average Bonchev–Trinajstić information content (AvgIpc) is 2.15. The molecule has 0 aliphatic carbocycles. The highest BCUT2D eigenvalue weighted by molar-refractivity contribution is 5.94. The summed E-state index contributed by atoms with van der Waals surface area (Å²) in [5.41, 5.74) is 7.50. The molecule has 1 aliphatic rings. The summed E-state index contributed by atoms with van der Waals surface area (Å²) in [7, 11) is 0. The van der Waals surface area contributed by atoms with Gasteiger partial charge in [-0.05, 0) is 39.0 Å². The van der Waals surface area contributed by atoms with Crippen LogP contribution in [0.15, 0.2) is 18.2 Å². The summed E-state index contributed by atoms with van der Waals surface area (Å²) >= 11 is 0. The maximum atomic E-state index is 11.3. The molecule has 0 fully saturated rings. The third-order valence-electron chi connectivity index (χ3n) is 2.91. The molecule has 0 aromatic heterocycles. The first-order chi connectivity index (χ1) is 7.39. The molecule has 2 rings (SSSR count). The highest BCUT2D eigenvalue weighted by Crippen LogP contribution is 2.38. The van der Waals surface area contributed by atoms with E-state index in [-0.39, 0.29) is 17.4 Å². The van der Waals surface area contributed by atoms with Crippen LogP contribution in [-0.4, -0.2) is 11.4 Å². The fourth-order valence-electron chi connectivity index (χ4n) is 2.13. The first-order valence-electron chi connectivity index (χ1n) is 5.48. The first kappa shape index (κ1) is 11.1. The van der Waals surface area contributed by atoms with Crippen molar-refractivity contribution in [2.24, 2.45) is 5.73 Å². The Bertz CT molecular complexity index is 438. The van der Waals surface area contributed by atoms with Gasteiger partial charge in [-0.2, -0.15) is 0 Å². The van der Waals surface area contributed by atoms with Gasteiger partial charge in [0.25, 0.3) is 0 Å². The van der Waals surface area contributed by atoms with E-state index in [0.717, 1.165) is 17.7 Å². The van der Waals surface area contributed by atoms with Crippen molar-refractivity contribution in [3.63, 3.8) is 0 Å². The summed E-state index contributed by atoms with van der Waals surface area (Å²) in [5.74, 6) is 0.855. The summed E-state index contributed by atoms with van der Waals surface area (Å²) < 4.78 is 5.83. The van der Waals surface area contributed by atoms with E-state index in [4.69, 9.17) is 10.5 Å². The zero-order valence-electron chi connectivity index (χ0n) is 9.91. The number of ether oxygens (including phenoxy) is 1. The second-order valence-electron chi connectivity index (χ2n) is 4.98. The fraction of sp³-hybridized carbons (Fsp3) is 0.462. The average molecular weight is 219 g/mol. The minimum atomic E-state index is -0.232. The zero-order valence-corrected chi connectivity index (χ0v) is 9.91. The van der Waals surface area contributed by atoms with E-state index in [1.54, 1.807) is 13.0 Å². The molecule has 1 aromatic carbocycles. The normalized spacial score (nSPS) is 22.1. The Morgan fingerprint density at radius 2 is 2.19 bits per heavy atom. The summed E-state index contributed by atoms with van der Waals surface area (Å²) in [6.07, 6.45) is 0.765. The maximum Gasteiger partial charge on any atom is 0.159 e. The Balaban J connectivity index is 2.45. The summed E-state index contributed by atoms with van der Waals surface area (Å²) in [6, 6.07) is 5.41. The standard InChI is InChI=1S/C13H17NO2/c1-8(15)9-4-5-12-10(6-9)11(14)7-13(2,3)16-12/h4-6,11H,7,14H2,1-3H3. The van der Waals surface area contributed by atoms with Gasteiger partial charge in [-0.1, -0.05) is 0 Å². The van der Waals surface area contributed by atoms with Crippen LogP contribution >= 0.6 is 0 Å². The Kier molecular flexibility index (Phi) is 2.50. The second kappa shape index (κ2) is 3.59. The first-order valence-corrected chi connectivity index (χ1v) is 5.48. The van der Waals surface area contributed by atoms with Crippen LogP contribution in [0.1, 0.15) is 49.2 Å². The van der Waals surface area contributed by atoms with Crippen molar-refractivity contribution in [1.82, 2.24) is 0 Å². The van der Waals surface area contributed by atoms with Crippen LogP contribution in [0, 0.1) is 0 Å². The third kappa shape index (κ3) is 1.95. The number of rotatable bonds is 1. The number of carbonyl (C=O) groups is 1. The van der Waals surface area contributed by atoms with Crippen molar-refractivity contribution in [2.75, 3.05) is 0 Å². The van der Waals surface area contributed by atoms with Gasteiger partial charge in [0.05, 0.1) is 0 Å². The molecule has 3 heteroatoms. The number of Topliss-reactive ketones (excluding diaryl/α,β-unsaturated/α-hetero) is 1. The maximum absolute atomic E-state index is 11.3. The largest absolute Gasteiger partial charge is 0.487 e. The molecule has 0 amide bonds. The predicted molar refractivity (Wildman–Crippen MR) is 62.7 cm³/mol. The van der Waals surface area contributed by atoms with Crippen LogP contribution < -0.4 is 10.5 Å². The highest BCUT2D eigenvalue weighted by atomic mass is 16.5. The van der Waals surface area contributed by atoms with E-state index in [1.165, 1.54) is 0 Å². The third-order valence-corrected chi connectivity index (χ3v) is 2.91. The monoisotopic (exact) mass is 219 g/mol. The molecule has 1 aromatic rings. The molecule has 0 spiro atoms. The van der Waals surface area contributed by atoms with E-state index >= 15 is 0 Å². The van der Waals surface area contributed by atoms with Crippen LogP contribution in [0.4, 0.5) is 0 Å². The van der Waals surface area contributed by atoms with Crippen LogP contribution in [0.5, 0.6) is 5.75 Å². The minimum Gasteiger partial charge on any atom is -0.487 e. The molecule has 0 saturated heterocycles. The number of hydrogen-bond donors (Lipinski definition) is 1. The van der Waals surface area contributed by atoms with E-state index in [9.17, 15) is 4.79 Å². The molecule has 0 bridgehead atoms. The van der Waals surface area contributed by atoms with E-state index in [0.29, 0.717) is 5.56 Å². The van der Waals surface area contributed by atoms with Crippen LogP contribution in [0.3, 0.4) is 0 Å². The molecule has 1 aliphatic heterocycles. The Morgan fingerprint density at radius 1 is 1.50 bits per heavy atom. The molecule has 1 unspecified atom stereocenters. The summed E-state index contributed by atoms with van der Waals surface area (Å²) in [6.45, 7) is 5.60. The van der Waals surface area contributed by atoms with Gasteiger partial charge < -0.3 is 10.5 Å². The number of hydrogen-bond acceptors (Lipinski definition) is 3. The van der Waals surface area contributed by atoms with Crippen molar-refractivity contribution >= 4 is 5.78 Å². The Morgan fingerprint density at radius 3 is 2.81 bits per heavy atom. The molecule has 1 heterocycles. The number of fused-ring (bicyclic) bond motifs is 1. The fourth-order valence-corrected chi connectivity index (χ4v) is 2.13. The second-order valence-corrected chi connectivity index (χ2v) is 4.98. The number of ketones is 1. The Labute approximate surface area is 95.6 Å². The van der Waals surface area contributed by atoms with Gasteiger partial charge in [0.2, 0.25) is 0 Å². The molecular formula is C13H17NO2. The lowest BCUT2D eigenvalue weighted by atomic mass is 9.89. The van der Waals surface area contributed by atoms with Crippen LogP contribution in [0.2, 0.25) is 0 Å². The van der Waals surface area contributed by atoms with Crippen molar-refractivity contribution in [1.29, 1.82) is 0 Å². The highest BCUT2D eigenvalue weighted by Gasteiger charge is 2.31. The molecule has 3 nitrogen and oxygen atoms in total.